The van der Waals surface area contributed by atoms with Crippen LogP contribution in [0.4, 0.5) is 0 Å². The molecular formula is C11H22N2. The first-order chi connectivity index (χ1) is 6.31. The van der Waals surface area contributed by atoms with Crippen molar-refractivity contribution in [3.05, 3.63) is 0 Å². The first kappa shape index (κ1) is 9.47. The molecule has 3 atom stereocenters. The van der Waals surface area contributed by atoms with E-state index in [1.807, 2.05) is 7.05 Å². The third-order valence-electron chi connectivity index (χ3n) is 3.98. The molecule has 13 heavy (non-hydrogen) atoms. The minimum Gasteiger partial charge on any atom is -0.318 e. The molecule has 2 aliphatic rings. The molecule has 0 radical (unpaired) electrons. The summed E-state index contributed by atoms with van der Waals surface area (Å²) in [5.41, 5.74) is 0. The van der Waals surface area contributed by atoms with Crippen LogP contribution in [0.5, 0.6) is 0 Å². The van der Waals surface area contributed by atoms with E-state index in [0.29, 0.717) is 0 Å². The largest absolute Gasteiger partial charge is 0.318 e. The Labute approximate surface area is 81.7 Å². The number of nitrogens with zero attached hydrogens (tertiary/aromatic N) is 1. The van der Waals surface area contributed by atoms with E-state index in [2.05, 4.69) is 17.3 Å². The minimum absolute atomic E-state index is 0.909. The van der Waals surface area contributed by atoms with Crippen molar-refractivity contribution in [3.8, 4) is 0 Å². The molecule has 2 saturated carbocycles. The van der Waals surface area contributed by atoms with Crippen molar-refractivity contribution < 1.29 is 0 Å². The average Bonchev–Trinajstić information content (AvgIpc) is 2.74. The molecule has 2 fully saturated rings. The van der Waals surface area contributed by atoms with Gasteiger partial charge in [0.15, 0.2) is 0 Å². The summed E-state index contributed by atoms with van der Waals surface area (Å²) in [6.07, 6.45) is 6.01. The molecule has 2 rings (SSSR count). The minimum atomic E-state index is 0.909. The van der Waals surface area contributed by atoms with Crippen LogP contribution in [0, 0.1) is 11.8 Å². The highest BCUT2D eigenvalue weighted by molar-refractivity contribution is 4.94. The van der Waals surface area contributed by atoms with E-state index in [1.165, 1.54) is 32.2 Å². The van der Waals surface area contributed by atoms with E-state index in [9.17, 15) is 0 Å². The Morgan fingerprint density at radius 2 is 2.15 bits per heavy atom. The van der Waals surface area contributed by atoms with Crippen molar-refractivity contribution in [1.82, 2.24) is 10.2 Å². The van der Waals surface area contributed by atoms with Gasteiger partial charge >= 0.3 is 0 Å². The van der Waals surface area contributed by atoms with Gasteiger partial charge in [-0.2, -0.15) is 0 Å². The summed E-state index contributed by atoms with van der Waals surface area (Å²) >= 11 is 0. The summed E-state index contributed by atoms with van der Waals surface area (Å²) in [5, 5.41) is 3.22. The highest BCUT2D eigenvalue weighted by atomic mass is 15.1. The van der Waals surface area contributed by atoms with Crippen molar-refractivity contribution in [1.29, 1.82) is 0 Å². The van der Waals surface area contributed by atoms with Crippen LogP contribution in [-0.2, 0) is 0 Å². The van der Waals surface area contributed by atoms with Crippen molar-refractivity contribution in [2.45, 2.75) is 31.7 Å². The normalized spacial score (nSPS) is 37.6. The van der Waals surface area contributed by atoms with E-state index in [1.54, 1.807) is 0 Å². The van der Waals surface area contributed by atoms with Gasteiger partial charge in [-0.15, -0.1) is 0 Å². The van der Waals surface area contributed by atoms with Gasteiger partial charge in [-0.25, -0.2) is 0 Å². The summed E-state index contributed by atoms with van der Waals surface area (Å²) in [7, 11) is 4.33. The molecule has 0 aliphatic heterocycles. The standard InChI is InChI=1S/C11H22N2/c1-12-5-6-13(2)11-8-9-3-4-10(11)7-9/h9-12H,3-8H2,1-2H3. The Balaban J connectivity index is 1.80. The molecule has 0 saturated heterocycles. The molecule has 0 aromatic heterocycles. The number of hydrogen-bond acceptors (Lipinski definition) is 2. The van der Waals surface area contributed by atoms with Crippen LogP contribution < -0.4 is 5.32 Å². The number of hydrogen-bond donors (Lipinski definition) is 1. The number of nitrogens with one attached hydrogen (secondary N) is 1. The predicted octanol–water partition coefficient (Wildman–Crippen LogP) is 1.33. The molecule has 3 unspecified atom stereocenters. The number of likely N-dealkylation sites (N-methyl/N-ethyl adjacent to an activating group) is 2. The summed E-state index contributed by atoms with van der Waals surface area (Å²) in [6, 6.07) is 0.909. The smallest absolute Gasteiger partial charge is 0.0124 e. The molecule has 0 spiro atoms. The SMILES string of the molecule is CNCCN(C)C1CC2CCC1C2. The van der Waals surface area contributed by atoms with Crippen LogP contribution in [0.1, 0.15) is 25.7 Å². The molecule has 0 amide bonds. The van der Waals surface area contributed by atoms with Crippen molar-refractivity contribution in [3.63, 3.8) is 0 Å². The lowest BCUT2D eigenvalue weighted by atomic mass is 9.94. The fourth-order valence-corrected chi connectivity index (χ4v) is 3.20. The molecule has 2 bridgehead atoms. The third kappa shape index (κ3) is 1.89. The zero-order valence-corrected chi connectivity index (χ0v) is 8.92. The van der Waals surface area contributed by atoms with Crippen molar-refractivity contribution >= 4 is 0 Å². The summed E-state index contributed by atoms with van der Waals surface area (Å²) < 4.78 is 0. The quantitative estimate of drug-likeness (QED) is 0.705. The second kappa shape index (κ2) is 3.97. The van der Waals surface area contributed by atoms with Crippen molar-refractivity contribution in [2.24, 2.45) is 11.8 Å². The molecule has 1 N–H and O–H groups in total. The van der Waals surface area contributed by atoms with Crippen LogP contribution in [0.15, 0.2) is 0 Å². The van der Waals surface area contributed by atoms with E-state index >= 15 is 0 Å². The Bertz CT molecular complexity index is 169. The van der Waals surface area contributed by atoms with Crippen LogP contribution in [0.3, 0.4) is 0 Å². The number of fused-ring (bicyclic) bond motifs is 2. The summed E-state index contributed by atoms with van der Waals surface area (Å²) in [4.78, 5) is 2.57. The first-order valence-corrected chi connectivity index (χ1v) is 5.66. The number of rotatable bonds is 4. The van der Waals surface area contributed by atoms with Crippen LogP contribution in [-0.4, -0.2) is 38.1 Å². The molecule has 2 heteroatoms. The maximum Gasteiger partial charge on any atom is 0.0124 e. The molecule has 2 nitrogen and oxygen atoms in total. The van der Waals surface area contributed by atoms with E-state index in [-0.39, 0.29) is 0 Å². The lowest BCUT2D eigenvalue weighted by Gasteiger charge is -2.31. The summed E-state index contributed by atoms with van der Waals surface area (Å²) in [6.45, 7) is 2.34. The van der Waals surface area contributed by atoms with Gasteiger partial charge in [0.1, 0.15) is 0 Å². The van der Waals surface area contributed by atoms with E-state index < -0.39 is 0 Å². The second-order valence-corrected chi connectivity index (χ2v) is 4.83. The molecule has 76 valence electrons. The van der Waals surface area contributed by atoms with Gasteiger partial charge in [0.05, 0.1) is 0 Å². The van der Waals surface area contributed by atoms with Gasteiger partial charge in [0.2, 0.25) is 0 Å². The van der Waals surface area contributed by atoms with Crippen LogP contribution in [0.25, 0.3) is 0 Å². The fraction of sp³-hybridized carbons (Fsp3) is 1.00. The maximum absolute atomic E-state index is 3.22. The summed E-state index contributed by atoms with van der Waals surface area (Å²) in [5.74, 6) is 2.11. The van der Waals surface area contributed by atoms with Gasteiger partial charge in [-0.05, 0) is 45.2 Å². The monoisotopic (exact) mass is 182 g/mol. The molecule has 0 heterocycles. The maximum atomic E-state index is 3.22. The zero-order valence-electron chi connectivity index (χ0n) is 8.92. The molecular weight excluding hydrogens is 160 g/mol. The van der Waals surface area contributed by atoms with Crippen molar-refractivity contribution in [2.75, 3.05) is 27.2 Å². The van der Waals surface area contributed by atoms with E-state index in [0.717, 1.165) is 24.4 Å². The van der Waals surface area contributed by atoms with Gasteiger partial charge in [0.25, 0.3) is 0 Å². The lowest BCUT2D eigenvalue weighted by molar-refractivity contribution is 0.178. The van der Waals surface area contributed by atoms with E-state index in [4.69, 9.17) is 0 Å². The van der Waals surface area contributed by atoms with Gasteiger partial charge in [-0.1, -0.05) is 6.42 Å². The molecule has 0 aromatic rings. The first-order valence-electron chi connectivity index (χ1n) is 5.66. The molecule has 2 aliphatic carbocycles. The van der Waals surface area contributed by atoms with Gasteiger partial charge in [0, 0.05) is 19.1 Å². The van der Waals surface area contributed by atoms with Crippen LogP contribution >= 0.6 is 0 Å². The Kier molecular flexibility index (Phi) is 2.89. The topological polar surface area (TPSA) is 15.3 Å². The Morgan fingerprint density at radius 3 is 2.69 bits per heavy atom. The van der Waals surface area contributed by atoms with Gasteiger partial charge in [-0.3, -0.25) is 0 Å². The zero-order chi connectivity index (χ0) is 9.26. The lowest BCUT2D eigenvalue weighted by Crippen LogP contribution is -2.39. The van der Waals surface area contributed by atoms with Crippen LogP contribution in [0.2, 0.25) is 0 Å². The third-order valence-corrected chi connectivity index (χ3v) is 3.98. The Hall–Kier alpha value is -0.0800. The fourth-order valence-electron chi connectivity index (χ4n) is 3.20. The highest BCUT2D eigenvalue weighted by Crippen LogP contribution is 2.46. The van der Waals surface area contributed by atoms with Gasteiger partial charge < -0.3 is 10.2 Å². The average molecular weight is 182 g/mol. The predicted molar refractivity (Wildman–Crippen MR) is 55.8 cm³/mol. The second-order valence-electron chi connectivity index (χ2n) is 4.83. The highest BCUT2D eigenvalue weighted by Gasteiger charge is 2.40. The molecule has 0 aromatic carbocycles. The Morgan fingerprint density at radius 1 is 1.31 bits per heavy atom.